The molecule has 1 saturated carbocycles. The number of ether oxygens (including phenoxy) is 3. The summed E-state index contributed by atoms with van der Waals surface area (Å²) in [6.07, 6.45) is 4.22. The molecule has 3 heterocycles. The van der Waals surface area contributed by atoms with E-state index in [0.717, 1.165) is 43.0 Å². The van der Waals surface area contributed by atoms with Crippen LogP contribution in [-0.2, 0) is 21.3 Å². The lowest BCUT2D eigenvalue weighted by atomic mass is 9.48. The van der Waals surface area contributed by atoms with Gasteiger partial charge in [-0.05, 0) is 52.8 Å². The zero-order valence-electron chi connectivity index (χ0n) is 26.1. The van der Waals surface area contributed by atoms with Crippen LogP contribution in [0, 0.1) is 0 Å². The summed E-state index contributed by atoms with van der Waals surface area (Å²) >= 11 is 0. The molecule has 3 unspecified atom stereocenters. The quantitative estimate of drug-likeness (QED) is 0.323. The van der Waals surface area contributed by atoms with Crippen molar-refractivity contribution in [2.75, 3.05) is 26.3 Å². The maximum absolute atomic E-state index is 13.0. The SMILES string of the molecule is C=CCN1CCC23c4c5ccc(O[Si](c6ccccc6)(c6ccccc6)C(C)(C)C)c4OC2C2(CC[C@@]3(O)C1C5)OCCO2. The minimum atomic E-state index is -2.94. The topological polar surface area (TPSA) is 60.4 Å². The van der Waals surface area contributed by atoms with E-state index in [1.165, 1.54) is 15.9 Å². The molecule has 3 aromatic rings. The minimum absolute atomic E-state index is 0.0269. The van der Waals surface area contributed by atoms with E-state index in [4.69, 9.17) is 18.6 Å². The molecular weight excluding hydrogens is 566 g/mol. The van der Waals surface area contributed by atoms with E-state index in [2.05, 4.69) is 105 Å². The normalized spacial score (nSPS) is 30.1. The average molecular weight is 610 g/mol. The van der Waals surface area contributed by atoms with E-state index in [0.29, 0.717) is 26.1 Å². The van der Waals surface area contributed by atoms with Crippen LogP contribution in [0.5, 0.6) is 11.5 Å². The highest BCUT2D eigenvalue weighted by Crippen LogP contribution is 2.68. The molecule has 3 fully saturated rings. The largest absolute Gasteiger partial charge is 0.531 e. The fourth-order valence-electron chi connectivity index (χ4n) is 9.62. The van der Waals surface area contributed by atoms with Crippen LogP contribution in [0.1, 0.15) is 51.2 Å². The van der Waals surface area contributed by atoms with E-state index in [-0.39, 0.29) is 11.1 Å². The third kappa shape index (κ3) is 3.56. The molecule has 0 amide bonds. The summed E-state index contributed by atoms with van der Waals surface area (Å²) in [4.78, 5) is 2.41. The number of rotatable bonds is 6. The Balaban J connectivity index is 1.35. The number of aliphatic hydroxyl groups is 1. The predicted molar refractivity (Wildman–Crippen MR) is 173 cm³/mol. The van der Waals surface area contributed by atoms with Crippen molar-refractivity contribution in [2.24, 2.45) is 0 Å². The number of benzene rings is 3. The molecule has 4 atom stereocenters. The summed E-state index contributed by atoms with van der Waals surface area (Å²) in [5, 5.41) is 15.2. The molecule has 0 radical (unpaired) electrons. The van der Waals surface area contributed by atoms with Crippen LogP contribution >= 0.6 is 0 Å². The summed E-state index contributed by atoms with van der Waals surface area (Å²) in [5.74, 6) is 0.652. The lowest BCUT2D eigenvalue weighted by Gasteiger charge is -2.65. The summed E-state index contributed by atoms with van der Waals surface area (Å²) in [5.41, 5.74) is 0.725. The maximum Gasteiger partial charge on any atom is 0.320 e. The molecular formula is C37H43NO5Si. The Kier molecular flexibility index (Phi) is 6.34. The minimum Gasteiger partial charge on any atom is -0.531 e. The van der Waals surface area contributed by atoms with Crippen LogP contribution in [0.3, 0.4) is 0 Å². The van der Waals surface area contributed by atoms with Crippen molar-refractivity contribution >= 4 is 18.7 Å². The monoisotopic (exact) mass is 609 g/mol. The highest BCUT2D eigenvalue weighted by molar-refractivity contribution is 7.00. The second kappa shape index (κ2) is 9.78. The van der Waals surface area contributed by atoms with Crippen molar-refractivity contribution in [3.8, 4) is 11.5 Å². The van der Waals surface area contributed by atoms with Gasteiger partial charge in [-0.25, -0.2) is 0 Å². The van der Waals surface area contributed by atoms with Gasteiger partial charge in [-0.3, -0.25) is 4.90 Å². The number of likely N-dealkylation sites (tertiary alicyclic amines) is 1. The molecule has 44 heavy (non-hydrogen) atoms. The van der Waals surface area contributed by atoms with Gasteiger partial charge in [0.05, 0.1) is 24.2 Å². The van der Waals surface area contributed by atoms with Crippen molar-refractivity contribution in [3.05, 3.63) is 96.6 Å². The number of fused-ring (bicyclic) bond motifs is 1. The lowest BCUT2D eigenvalue weighted by molar-refractivity contribution is -0.296. The first-order chi connectivity index (χ1) is 21.2. The van der Waals surface area contributed by atoms with Crippen LogP contribution in [0.15, 0.2) is 85.5 Å². The fourth-order valence-corrected chi connectivity index (χ4v) is 14.0. The third-order valence-electron chi connectivity index (χ3n) is 11.4. The second-order valence-electron chi connectivity index (χ2n) is 14.3. The van der Waals surface area contributed by atoms with Gasteiger partial charge < -0.3 is 23.7 Å². The van der Waals surface area contributed by atoms with Gasteiger partial charge in [0.15, 0.2) is 11.9 Å². The van der Waals surface area contributed by atoms with Gasteiger partial charge in [0, 0.05) is 24.6 Å². The first-order valence-corrected chi connectivity index (χ1v) is 18.1. The third-order valence-corrected chi connectivity index (χ3v) is 16.3. The van der Waals surface area contributed by atoms with Crippen molar-refractivity contribution in [1.82, 2.24) is 4.90 Å². The zero-order valence-corrected chi connectivity index (χ0v) is 27.1. The van der Waals surface area contributed by atoms with Gasteiger partial charge in [0.2, 0.25) is 5.79 Å². The predicted octanol–water partition coefficient (Wildman–Crippen LogP) is 4.71. The van der Waals surface area contributed by atoms with E-state index in [1.54, 1.807) is 0 Å². The Morgan fingerprint density at radius 3 is 2.23 bits per heavy atom. The smallest absolute Gasteiger partial charge is 0.320 e. The van der Waals surface area contributed by atoms with Crippen molar-refractivity contribution in [3.63, 3.8) is 0 Å². The van der Waals surface area contributed by atoms with Crippen LogP contribution in [-0.4, -0.2) is 68.2 Å². The highest BCUT2D eigenvalue weighted by Gasteiger charge is 2.77. The summed E-state index contributed by atoms with van der Waals surface area (Å²) in [6.45, 7) is 13.6. The van der Waals surface area contributed by atoms with Crippen LogP contribution in [0.25, 0.3) is 0 Å². The molecule has 2 aliphatic carbocycles. The van der Waals surface area contributed by atoms with Crippen molar-refractivity contribution in [2.45, 2.75) is 80.4 Å². The van der Waals surface area contributed by atoms with E-state index >= 15 is 0 Å². The van der Waals surface area contributed by atoms with Crippen LogP contribution < -0.4 is 19.5 Å². The molecule has 2 bridgehead atoms. The molecule has 3 aromatic carbocycles. The van der Waals surface area contributed by atoms with Crippen molar-refractivity contribution in [1.29, 1.82) is 0 Å². The average Bonchev–Trinajstić information content (AvgIpc) is 3.64. The fraction of sp³-hybridized carbons (Fsp3) is 0.459. The highest BCUT2D eigenvalue weighted by atomic mass is 28.4. The molecule has 0 aromatic heterocycles. The first kappa shape index (κ1) is 28.5. The van der Waals surface area contributed by atoms with Crippen LogP contribution in [0.2, 0.25) is 5.04 Å². The Bertz CT molecular complexity index is 1540. The molecule has 6 nitrogen and oxygen atoms in total. The Morgan fingerprint density at radius 2 is 1.61 bits per heavy atom. The molecule has 7 heteroatoms. The molecule has 3 aliphatic heterocycles. The molecule has 5 aliphatic rings. The number of hydrogen-bond donors (Lipinski definition) is 1. The first-order valence-electron chi connectivity index (χ1n) is 16.2. The summed E-state index contributed by atoms with van der Waals surface area (Å²) < 4.78 is 27.7. The number of hydrogen-bond acceptors (Lipinski definition) is 6. The molecule has 1 N–H and O–H groups in total. The Hall–Kier alpha value is -2.94. The molecule has 2 saturated heterocycles. The molecule has 8 rings (SSSR count). The number of piperidine rings is 1. The van der Waals surface area contributed by atoms with Gasteiger partial charge >= 0.3 is 8.32 Å². The summed E-state index contributed by atoms with van der Waals surface area (Å²) in [6, 6.07) is 25.8. The number of nitrogens with zero attached hydrogens (tertiary/aromatic N) is 1. The Labute approximate surface area is 261 Å². The Morgan fingerprint density at radius 1 is 0.955 bits per heavy atom. The molecule has 2 spiro atoms. The van der Waals surface area contributed by atoms with Crippen molar-refractivity contribution < 1.29 is 23.7 Å². The van der Waals surface area contributed by atoms with Gasteiger partial charge in [-0.1, -0.05) is 93.6 Å². The standard InChI is InChI=1S/C37H43NO5Si/c1-5-21-38-22-20-35-31-26-16-17-29(32(31)42-33(35)37(40-23-24-41-37)19-18-36(35,39)30(38)25-26)43-44(34(2,3)4,27-12-8-6-9-13-27)28-14-10-7-11-15-28/h5-17,30,33,39H,1,18-25H2,2-4H3/t30?,33?,35?,36-/m1/s1. The van der Waals surface area contributed by atoms with E-state index in [9.17, 15) is 5.11 Å². The molecule has 230 valence electrons. The summed E-state index contributed by atoms with van der Waals surface area (Å²) in [7, 11) is -2.94. The lowest BCUT2D eigenvalue weighted by Crippen LogP contribution is -2.79. The van der Waals surface area contributed by atoms with E-state index in [1.807, 2.05) is 6.08 Å². The van der Waals surface area contributed by atoms with Crippen LogP contribution in [0.4, 0.5) is 0 Å². The van der Waals surface area contributed by atoms with E-state index < -0.39 is 31.2 Å². The second-order valence-corrected chi connectivity index (χ2v) is 18.6. The zero-order chi connectivity index (χ0) is 30.4. The maximum atomic E-state index is 13.0. The van der Waals surface area contributed by atoms with Gasteiger partial charge in [0.1, 0.15) is 5.75 Å². The van der Waals surface area contributed by atoms with Gasteiger partial charge in [-0.2, -0.15) is 0 Å². The van der Waals surface area contributed by atoms with Gasteiger partial charge in [-0.15, -0.1) is 6.58 Å². The van der Waals surface area contributed by atoms with Gasteiger partial charge in [0.25, 0.3) is 0 Å².